The highest BCUT2D eigenvalue weighted by Crippen LogP contribution is 2.25. The van der Waals surface area contributed by atoms with E-state index in [1.165, 1.54) is 5.56 Å². The Morgan fingerprint density at radius 2 is 1.45 bits per heavy atom. The average molecular weight is 422 g/mol. The van der Waals surface area contributed by atoms with Crippen molar-refractivity contribution in [1.82, 2.24) is 19.6 Å². The van der Waals surface area contributed by atoms with Crippen molar-refractivity contribution in [2.45, 2.75) is 18.8 Å². The highest BCUT2D eigenvalue weighted by Gasteiger charge is 2.33. The third-order valence-corrected chi connectivity index (χ3v) is 5.98. The molecule has 0 N–H and O–H groups in total. The van der Waals surface area contributed by atoms with Gasteiger partial charge in [-0.2, -0.15) is 0 Å². The molecular weight excluding hydrogens is 390 g/mol. The number of nitrogens with zero attached hydrogens (tertiary/aromatic N) is 5. The molecule has 2 aliphatic rings. The van der Waals surface area contributed by atoms with Crippen LogP contribution in [0.1, 0.15) is 24.3 Å². The van der Waals surface area contributed by atoms with Gasteiger partial charge in [0.15, 0.2) is 0 Å². The Bertz CT molecular complexity index is 891. The molecule has 2 aromatic carbocycles. The van der Waals surface area contributed by atoms with E-state index in [4.69, 9.17) is 0 Å². The molecule has 0 spiro atoms. The van der Waals surface area contributed by atoms with Gasteiger partial charge in [0.1, 0.15) is 0 Å². The van der Waals surface area contributed by atoms with E-state index in [9.17, 15) is 9.59 Å². The van der Waals surface area contributed by atoms with Gasteiger partial charge in [-0.15, -0.1) is 0 Å². The number of urea groups is 1. The lowest BCUT2D eigenvalue weighted by molar-refractivity contribution is -0.136. The second-order valence-electron chi connectivity index (χ2n) is 8.63. The molecule has 0 bridgehead atoms. The number of rotatable bonds is 4. The first kappa shape index (κ1) is 21.3. The second kappa shape index (κ2) is 9.49. The van der Waals surface area contributed by atoms with Crippen LogP contribution in [-0.2, 0) is 4.79 Å². The zero-order valence-corrected chi connectivity index (χ0v) is 18.4. The van der Waals surface area contributed by atoms with Crippen molar-refractivity contribution in [3.8, 4) is 0 Å². The Labute approximate surface area is 184 Å². The second-order valence-corrected chi connectivity index (χ2v) is 8.63. The predicted molar refractivity (Wildman–Crippen MR) is 121 cm³/mol. The third kappa shape index (κ3) is 5.06. The summed E-state index contributed by atoms with van der Waals surface area (Å²) in [6.07, 6.45) is 1.31. The summed E-state index contributed by atoms with van der Waals surface area (Å²) in [5.41, 5.74) is 2.15. The standard InChI is InChI=1S/C24H31N5O2/c1-25-15-21(20-9-5-3-6-10-20)13-14-23(30)27(16-25)19-28-17-26(2)18-29(24(28)31)22-11-7-4-8-12-22/h3-12,21H,13-19H2,1-2H3. The summed E-state index contributed by atoms with van der Waals surface area (Å²) in [5, 5.41) is 0. The summed E-state index contributed by atoms with van der Waals surface area (Å²) >= 11 is 0. The smallest absolute Gasteiger partial charge is 0.312 e. The first-order valence-corrected chi connectivity index (χ1v) is 10.8. The van der Waals surface area contributed by atoms with Crippen molar-refractivity contribution in [3.05, 3.63) is 66.2 Å². The molecule has 4 rings (SSSR count). The quantitative estimate of drug-likeness (QED) is 0.762. The van der Waals surface area contributed by atoms with Crippen LogP contribution in [0.5, 0.6) is 0 Å². The van der Waals surface area contributed by atoms with E-state index in [2.05, 4.69) is 34.1 Å². The molecule has 2 aromatic rings. The van der Waals surface area contributed by atoms with E-state index in [1.807, 2.05) is 50.5 Å². The molecule has 2 fully saturated rings. The number of carbonyl (C=O) groups excluding carboxylic acids is 2. The van der Waals surface area contributed by atoms with Crippen LogP contribution in [0.3, 0.4) is 0 Å². The van der Waals surface area contributed by atoms with E-state index in [0.717, 1.165) is 18.7 Å². The highest BCUT2D eigenvalue weighted by molar-refractivity contribution is 5.92. The Balaban J connectivity index is 1.44. The Morgan fingerprint density at radius 1 is 0.806 bits per heavy atom. The van der Waals surface area contributed by atoms with Crippen molar-refractivity contribution in [1.29, 1.82) is 0 Å². The van der Waals surface area contributed by atoms with Gasteiger partial charge in [0.2, 0.25) is 5.91 Å². The highest BCUT2D eigenvalue weighted by atomic mass is 16.2. The molecule has 0 radical (unpaired) electrons. The van der Waals surface area contributed by atoms with Crippen LogP contribution in [0.4, 0.5) is 10.5 Å². The van der Waals surface area contributed by atoms with Crippen LogP contribution in [0, 0.1) is 0 Å². The zero-order chi connectivity index (χ0) is 21.8. The molecular formula is C24H31N5O2. The molecule has 31 heavy (non-hydrogen) atoms. The number of hydrogen-bond acceptors (Lipinski definition) is 4. The minimum atomic E-state index is -0.0658. The summed E-state index contributed by atoms with van der Waals surface area (Å²) in [5.74, 6) is 0.438. The summed E-state index contributed by atoms with van der Waals surface area (Å²) in [6, 6.07) is 20.0. The van der Waals surface area contributed by atoms with E-state index < -0.39 is 0 Å². The molecule has 2 saturated heterocycles. The van der Waals surface area contributed by atoms with Crippen molar-refractivity contribution in [2.24, 2.45) is 0 Å². The lowest BCUT2D eigenvalue weighted by Crippen LogP contribution is -2.60. The van der Waals surface area contributed by atoms with Crippen LogP contribution in [0.25, 0.3) is 0 Å². The molecule has 0 aromatic heterocycles. The van der Waals surface area contributed by atoms with Crippen LogP contribution < -0.4 is 4.90 Å². The molecule has 3 amide bonds. The molecule has 7 heteroatoms. The lowest BCUT2D eigenvalue weighted by Gasteiger charge is -2.43. The number of hydrogen-bond donors (Lipinski definition) is 0. The van der Waals surface area contributed by atoms with Crippen molar-refractivity contribution in [2.75, 3.05) is 52.2 Å². The summed E-state index contributed by atoms with van der Waals surface area (Å²) < 4.78 is 0. The SMILES string of the molecule is CN1CC(c2ccccc2)CCC(=O)N(CN2CN(C)CN(c3ccccc3)C2=O)C1. The maximum Gasteiger partial charge on any atom is 0.328 e. The predicted octanol–water partition coefficient (Wildman–Crippen LogP) is 3.03. The summed E-state index contributed by atoms with van der Waals surface area (Å²) in [6.45, 7) is 2.73. The Hall–Kier alpha value is -2.90. The van der Waals surface area contributed by atoms with Gasteiger partial charge >= 0.3 is 6.03 Å². The van der Waals surface area contributed by atoms with Gasteiger partial charge in [-0.1, -0.05) is 48.5 Å². The van der Waals surface area contributed by atoms with Crippen LogP contribution in [0.2, 0.25) is 0 Å². The van der Waals surface area contributed by atoms with E-state index in [1.54, 1.807) is 14.7 Å². The van der Waals surface area contributed by atoms with Gasteiger partial charge in [-0.05, 0) is 44.1 Å². The topological polar surface area (TPSA) is 50.3 Å². The molecule has 2 heterocycles. The van der Waals surface area contributed by atoms with Crippen molar-refractivity contribution in [3.63, 3.8) is 0 Å². The van der Waals surface area contributed by atoms with Crippen molar-refractivity contribution >= 4 is 17.6 Å². The number of carbonyl (C=O) groups is 2. The monoisotopic (exact) mass is 421 g/mol. The van der Waals surface area contributed by atoms with Gasteiger partial charge in [0.25, 0.3) is 0 Å². The van der Waals surface area contributed by atoms with E-state index >= 15 is 0 Å². The fourth-order valence-corrected chi connectivity index (χ4v) is 4.45. The van der Waals surface area contributed by atoms with Gasteiger partial charge in [-0.25, -0.2) is 4.79 Å². The molecule has 0 saturated carbocycles. The van der Waals surface area contributed by atoms with Gasteiger partial charge in [0.05, 0.1) is 26.7 Å². The molecule has 1 atom stereocenters. The minimum Gasteiger partial charge on any atom is -0.312 e. The number of amides is 3. The fraction of sp³-hybridized carbons (Fsp3) is 0.417. The molecule has 164 valence electrons. The maximum absolute atomic E-state index is 13.2. The normalized spacial score (nSPS) is 21.9. The van der Waals surface area contributed by atoms with Crippen LogP contribution in [0.15, 0.2) is 60.7 Å². The van der Waals surface area contributed by atoms with Gasteiger partial charge in [-0.3, -0.25) is 24.4 Å². The van der Waals surface area contributed by atoms with Crippen LogP contribution in [-0.4, -0.2) is 78.9 Å². The third-order valence-electron chi connectivity index (χ3n) is 5.98. The molecule has 2 aliphatic heterocycles. The first-order chi connectivity index (χ1) is 15.0. The van der Waals surface area contributed by atoms with Gasteiger partial charge < -0.3 is 4.90 Å². The first-order valence-electron chi connectivity index (χ1n) is 10.8. The average Bonchev–Trinajstić information content (AvgIpc) is 2.78. The Morgan fingerprint density at radius 3 is 2.16 bits per heavy atom. The van der Waals surface area contributed by atoms with Gasteiger partial charge in [0, 0.05) is 18.7 Å². The maximum atomic E-state index is 13.2. The minimum absolute atomic E-state index is 0.0658. The molecule has 7 nitrogen and oxygen atoms in total. The molecule has 1 unspecified atom stereocenters. The van der Waals surface area contributed by atoms with E-state index in [0.29, 0.717) is 39.0 Å². The fourth-order valence-electron chi connectivity index (χ4n) is 4.45. The number of likely N-dealkylation sites (N-methyl/N-ethyl adjacent to an activating group) is 1. The van der Waals surface area contributed by atoms with Crippen LogP contribution >= 0.6 is 0 Å². The number of para-hydroxylation sites is 1. The number of anilines is 1. The Kier molecular flexibility index (Phi) is 6.53. The van der Waals surface area contributed by atoms with Crippen molar-refractivity contribution < 1.29 is 9.59 Å². The van der Waals surface area contributed by atoms with E-state index in [-0.39, 0.29) is 11.9 Å². The lowest BCUT2D eigenvalue weighted by atomic mass is 9.93. The summed E-state index contributed by atoms with van der Waals surface area (Å²) in [7, 11) is 4.03. The number of benzene rings is 2. The largest absolute Gasteiger partial charge is 0.328 e. The summed E-state index contributed by atoms with van der Waals surface area (Å²) in [4.78, 5) is 35.8. The molecule has 0 aliphatic carbocycles. The zero-order valence-electron chi connectivity index (χ0n) is 18.4.